The van der Waals surface area contributed by atoms with Crippen LogP contribution in [-0.4, -0.2) is 31.9 Å². The van der Waals surface area contributed by atoms with Gasteiger partial charge in [0.2, 0.25) is 0 Å². The second-order valence-electron chi connectivity index (χ2n) is 8.46. The molecular formula is C27H25N5O2S. The van der Waals surface area contributed by atoms with E-state index in [2.05, 4.69) is 15.3 Å². The average Bonchev–Trinajstić information content (AvgIpc) is 3.46. The Bertz CT molecular complexity index is 1370. The van der Waals surface area contributed by atoms with E-state index in [0.29, 0.717) is 16.6 Å². The van der Waals surface area contributed by atoms with Crippen LogP contribution in [-0.2, 0) is 5.72 Å². The maximum absolute atomic E-state index is 13.0. The van der Waals surface area contributed by atoms with Gasteiger partial charge < -0.3 is 15.4 Å². The standard InChI is InChI=1S/C27H25N5O2S/c1-18-8-12-20(13-9-18)27(34)16-35-26(32(27)22-6-4-3-5-7-22)31-24-23(28-17-29-24)25(33)30-21-14-10-19(2)11-15-21/h3-15,17,34H,16H2,1-2H3,(H,28,29)(H,30,33)/t27-/m0/s1. The van der Waals surface area contributed by atoms with Gasteiger partial charge in [-0.15, -0.1) is 0 Å². The largest absolute Gasteiger partial charge is 0.366 e. The monoisotopic (exact) mass is 483 g/mol. The molecule has 8 heteroatoms. The number of amidine groups is 1. The summed E-state index contributed by atoms with van der Waals surface area (Å²) in [6.07, 6.45) is 1.45. The Morgan fingerprint density at radius 1 is 1.03 bits per heavy atom. The number of aromatic amines is 1. The van der Waals surface area contributed by atoms with Gasteiger partial charge in [0.05, 0.1) is 12.1 Å². The fourth-order valence-electron chi connectivity index (χ4n) is 3.93. The van der Waals surface area contributed by atoms with Crippen LogP contribution in [0.1, 0.15) is 27.2 Å². The minimum absolute atomic E-state index is 0.248. The number of carbonyl (C=O) groups excluding carboxylic acids is 1. The average molecular weight is 484 g/mol. The first-order chi connectivity index (χ1) is 16.9. The summed E-state index contributed by atoms with van der Waals surface area (Å²) in [7, 11) is 0. The third kappa shape index (κ3) is 4.58. The van der Waals surface area contributed by atoms with Gasteiger partial charge in [-0.05, 0) is 38.1 Å². The topological polar surface area (TPSA) is 93.6 Å². The second-order valence-corrected chi connectivity index (χ2v) is 9.40. The summed E-state index contributed by atoms with van der Waals surface area (Å²) in [6, 6.07) is 25.0. The van der Waals surface area contributed by atoms with Crippen LogP contribution >= 0.6 is 11.8 Å². The number of hydrogen-bond acceptors (Lipinski definition) is 5. The number of amides is 1. The number of rotatable bonds is 5. The molecule has 1 saturated heterocycles. The van der Waals surface area contributed by atoms with E-state index in [0.717, 1.165) is 22.4 Å². The van der Waals surface area contributed by atoms with Crippen molar-refractivity contribution in [3.05, 3.63) is 108 Å². The first-order valence-corrected chi connectivity index (χ1v) is 12.2. The number of H-pyrrole nitrogens is 1. The number of anilines is 2. The highest BCUT2D eigenvalue weighted by molar-refractivity contribution is 8.14. The molecule has 0 bridgehead atoms. The Morgan fingerprint density at radius 3 is 2.37 bits per heavy atom. The summed E-state index contributed by atoms with van der Waals surface area (Å²) in [5.74, 6) is 0.291. The van der Waals surface area contributed by atoms with Crippen molar-refractivity contribution in [3.8, 4) is 0 Å². The third-order valence-corrected chi connectivity index (χ3v) is 6.93. The first-order valence-electron chi connectivity index (χ1n) is 11.2. The number of thioether (sulfide) groups is 1. The van der Waals surface area contributed by atoms with Crippen LogP contribution < -0.4 is 10.2 Å². The maximum atomic E-state index is 13.0. The molecule has 2 heterocycles. The number of nitrogens with one attached hydrogen (secondary N) is 2. The van der Waals surface area contributed by atoms with E-state index >= 15 is 0 Å². The molecule has 0 unspecified atom stereocenters. The van der Waals surface area contributed by atoms with E-state index in [4.69, 9.17) is 4.99 Å². The molecule has 7 nitrogen and oxygen atoms in total. The number of nitrogens with zero attached hydrogens (tertiary/aromatic N) is 3. The number of aliphatic imine (C=N–C) groups is 1. The van der Waals surface area contributed by atoms with Crippen LogP contribution in [0.2, 0.25) is 0 Å². The molecule has 35 heavy (non-hydrogen) atoms. The van der Waals surface area contributed by atoms with E-state index in [-0.39, 0.29) is 17.4 Å². The molecule has 4 aromatic rings. The Balaban J connectivity index is 1.51. The highest BCUT2D eigenvalue weighted by atomic mass is 32.2. The normalized spacial score (nSPS) is 18.7. The van der Waals surface area contributed by atoms with Gasteiger partial charge in [0.25, 0.3) is 5.91 Å². The van der Waals surface area contributed by atoms with E-state index in [1.165, 1.54) is 18.1 Å². The van der Waals surface area contributed by atoms with Gasteiger partial charge in [-0.1, -0.05) is 77.5 Å². The first kappa shape index (κ1) is 22.9. The lowest BCUT2D eigenvalue weighted by Gasteiger charge is -2.34. The number of benzene rings is 3. The van der Waals surface area contributed by atoms with Crippen molar-refractivity contribution in [1.82, 2.24) is 9.97 Å². The van der Waals surface area contributed by atoms with Gasteiger partial charge in [0.1, 0.15) is 0 Å². The predicted octanol–water partition coefficient (Wildman–Crippen LogP) is 5.37. The van der Waals surface area contributed by atoms with Gasteiger partial charge in [-0.2, -0.15) is 0 Å². The van der Waals surface area contributed by atoms with Gasteiger partial charge in [0, 0.05) is 16.9 Å². The number of aliphatic hydroxyl groups is 1. The summed E-state index contributed by atoms with van der Waals surface area (Å²) in [4.78, 5) is 26.7. The quantitative estimate of drug-likeness (QED) is 0.355. The second kappa shape index (κ2) is 9.40. The van der Waals surface area contributed by atoms with Gasteiger partial charge >= 0.3 is 0 Å². The molecule has 5 rings (SSSR count). The molecule has 176 valence electrons. The summed E-state index contributed by atoms with van der Waals surface area (Å²) in [6.45, 7) is 4.00. The molecule has 0 radical (unpaired) electrons. The van der Waals surface area contributed by atoms with Crippen LogP contribution in [0, 0.1) is 13.8 Å². The Kier molecular flexibility index (Phi) is 6.15. The summed E-state index contributed by atoms with van der Waals surface area (Å²) in [5, 5.41) is 15.3. The van der Waals surface area contributed by atoms with Crippen molar-refractivity contribution in [2.75, 3.05) is 16.0 Å². The summed E-state index contributed by atoms with van der Waals surface area (Å²) < 4.78 is 0. The molecule has 1 amide bonds. The molecule has 0 aliphatic carbocycles. The number of hydrogen-bond donors (Lipinski definition) is 3. The SMILES string of the molecule is Cc1ccc(NC(=O)c2[nH]cnc2N=C2SC[C@](O)(c3ccc(C)cc3)N2c2ccccc2)cc1. The fourth-order valence-corrected chi connectivity index (χ4v) is 5.09. The molecule has 0 saturated carbocycles. The molecule has 0 spiro atoms. The van der Waals surface area contributed by atoms with Crippen molar-refractivity contribution < 1.29 is 9.90 Å². The Hall–Kier alpha value is -3.88. The van der Waals surface area contributed by atoms with Crippen molar-refractivity contribution in [2.45, 2.75) is 19.6 Å². The van der Waals surface area contributed by atoms with E-state index in [1.807, 2.05) is 92.7 Å². The molecule has 1 aliphatic heterocycles. The van der Waals surface area contributed by atoms with E-state index in [9.17, 15) is 9.90 Å². The molecule has 1 fully saturated rings. The van der Waals surface area contributed by atoms with Gasteiger partial charge in [-0.25, -0.2) is 9.98 Å². The lowest BCUT2D eigenvalue weighted by molar-refractivity contribution is 0.0768. The van der Waals surface area contributed by atoms with Crippen LogP contribution in [0.25, 0.3) is 0 Å². The van der Waals surface area contributed by atoms with Crippen molar-refractivity contribution in [1.29, 1.82) is 0 Å². The molecular weight excluding hydrogens is 458 g/mol. The lowest BCUT2D eigenvalue weighted by Crippen LogP contribution is -2.45. The maximum Gasteiger partial charge on any atom is 0.276 e. The highest BCUT2D eigenvalue weighted by Crippen LogP contribution is 2.43. The van der Waals surface area contributed by atoms with Crippen LogP contribution in [0.5, 0.6) is 0 Å². The zero-order valence-electron chi connectivity index (χ0n) is 19.4. The van der Waals surface area contributed by atoms with Crippen LogP contribution in [0.3, 0.4) is 0 Å². The molecule has 1 aliphatic rings. The summed E-state index contributed by atoms with van der Waals surface area (Å²) >= 11 is 1.42. The number of aromatic nitrogens is 2. The molecule has 1 atom stereocenters. The zero-order chi connectivity index (χ0) is 24.4. The van der Waals surface area contributed by atoms with E-state index in [1.54, 1.807) is 4.90 Å². The van der Waals surface area contributed by atoms with Crippen molar-refractivity contribution in [2.24, 2.45) is 4.99 Å². The van der Waals surface area contributed by atoms with E-state index < -0.39 is 5.72 Å². The minimum atomic E-state index is -1.31. The van der Waals surface area contributed by atoms with Crippen LogP contribution in [0.4, 0.5) is 17.2 Å². The Morgan fingerprint density at radius 2 is 1.69 bits per heavy atom. The van der Waals surface area contributed by atoms with Crippen molar-refractivity contribution >= 4 is 40.0 Å². The smallest absolute Gasteiger partial charge is 0.276 e. The Labute approximate surface area is 207 Å². The third-order valence-electron chi connectivity index (χ3n) is 5.85. The number of para-hydroxylation sites is 1. The van der Waals surface area contributed by atoms with Crippen molar-refractivity contribution in [3.63, 3.8) is 0 Å². The zero-order valence-corrected chi connectivity index (χ0v) is 20.2. The minimum Gasteiger partial charge on any atom is -0.366 e. The predicted molar refractivity (Wildman–Crippen MR) is 141 cm³/mol. The number of aryl methyl sites for hydroxylation is 2. The van der Waals surface area contributed by atoms with Crippen LogP contribution in [0.15, 0.2) is 90.2 Å². The van der Waals surface area contributed by atoms with Gasteiger partial charge in [0.15, 0.2) is 22.4 Å². The molecule has 3 aromatic carbocycles. The lowest BCUT2D eigenvalue weighted by atomic mass is 10.0. The molecule has 1 aromatic heterocycles. The number of carbonyl (C=O) groups is 1. The fraction of sp³-hybridized carbons (Fsp3) is 0.148. The summed E-state index contributed by atoms with van der Waals surface area (Å²) in [5.41, 5.74) is 3.41. The van der Waals surface area contributed by atoms with Gasteiger partial charge in [-0.3, -0.25) is 9.69 Å². The molecule has 3 N–H and O–H groups in total. The number of imidazole rings is 1. The highest BCUT2D eigenvalue weighted by Gasteiger charge is 2.46.